The van der Waals surface area contributed by atoms with E-state index in [-0.39, 0.29) is 5.76 Å². The summed E-state index contributed by atoms with van der Waals surface area (Å²) in [5, 5.41) is 3.24. The van der Waals surface area contributed by atoms with Gasteiger partial charge in [-0.2, -0.15) is 0 Å². The molecule has 100 valence electrons. The molecule has 1 heterocycles. The molecule has 2 rings (SSSR count). The fourth-order valence-electron chi connectivity index (χ4n) is 1.60. The van der Waals surface area contributed by atoms with Crippen LogP contribution >= 0.6 is 31.9 Å². The van der Waals surface area contributed by atoms with E-state index in [9.17, 15) is 4.79 Å². The van der Waals surface area contributed by atoms with Crippen LogP contribution in [0.2, 0.25) is 0 Å². The smallest absolute Gasteiger partial charge is 0.374 e. The molecule has 0 aliphatic carbocycles. The number of furan rings is 1. The summed E-state index contributed by atoms with van der Waals surface area (Å²) in [6.07, 6.45) is 1.47. The molecule has 0 amide bonds. The van der Waals surface area contributed by atoms with E-state index in [0.29, 0.717) is 6.54 Å². The number of nitrogens with one attached hydrogen (secondary N) is 1. The molecule has 6 heteroatoms. The number of para-hydroxylation sites is 1. The molecule has 0 fully saturated rings. The second-order valence-corrected chi connectivity index (χ2v) is 5.43. The fraction of sp³-hybridized carbons (Fsp3) is 0.154. The highest BCUT2D eigenvalue weighted by atomic mass is 79.9. The highest BCUT2D eigenvalue weighted by molar-refractivity contribution is 9.11. The fourth-order valence-corrected chi connectivity index (χ4v) is 2.88. The van der Waals surface area contributed by atoms with Crippen molar-refractivity contribution in [1.82, 2.24) is 0 Å². The van der Waals surface area contributed by atoms with Crippen LogP contribution in [0.1, 0.15) is 16.1 Å². The summed E-state index contributed by atoms with van der Waals surface area (Å²) in [5.41, 5.74) is 1.66. The zero-order valence-corrected chi connectivity index (χ0v) is 13.2. The number of hydrogen-bond acceptors (Lipinski definition) is 4. The summed E-state index contributed by atoms with van der Waals surface area (Å²) < 4.78 is 11.7. The molecule has 1 aromatic carbocycles. The highest BCUT2D eigenvalue weighted by Crippen LogP contribution is 2.31. The molecule has 0 spiro atoms. The number of benzene rings is 1. The number of methoxy groups -OCH3 is 1. The highest BCUT2D eigenvalue weighted by Gasteiger charge is 2.16. The quantitative estimate of drug-likeness (QED) is 0.797. The van der Waals surface area contributed by atoms with Gasteiger partial charge in [0.05, 0.1) is 19.1 Å². The monoisotopic (exact) mass is 387 g/mol. The summed E-state index contributed by atoms with van der Waals surface area (Å²) in [5.74, 6) is -0.258. The third-order valence-electron chi connectivity index (χ3n) is 2.54. The average molecular weight is 389 g/mol. The molecule has 1 N–H and O–H groups in total. The molecule has 0 atom stereocenters. The molecule has 0 saturated heterocycles. The van der Waals surface area contributed by atoms with Gasteiger partial charge < -0.3 is 14.5 Å². The van der Waals surface area contributed by atoms with Crippen molar-refractivity contribution in [1.29, 1.82) is 0 Å². The minimum absolute atomic E-state index is 0.221. The Morgan fingerprint density at radius 2 is 2.00 bits per heavy atom. The van der Waals surface area contributed by atoms with Crippen LogP contribution in [0.3, 0.4) is 0 Å². The van der Waals surface area contributed by atoms with Crippen molar-refractivity contribution >= 4 is 43.5 Å². The van der Waals surface area contributed by atoms with E-state index in [1.54, 1.807) is 6.07 Å². The van der Waals surface area contributed by atoms with Gasteiger partial charge in [-0.15, -0.1) is 0 Å². The lowest BCUT2D eigenvalue weighted by atomic mass is 10.2. The number of rotatable bonds is 4. The van der Waals surface area contributed by atoms with Crippen molar-refractivity contribution in [3.8, 4) is 0 Å². The Labute approximate surface area is 127 Å². The van der Waals surface area contributed by atoms with Crippen LogP contribution < -0.4 is 5.32 Å². The van der Waals surface area contributed by atoms with Crippen LogP contribution in [0, 0.1) is 0 Å². The number of ether oxygens (including phenoxy) is 1. The number of hydrogen-bond donors (Lipinski definition) is 1. The van der Waals surface area contributed by atoms with Crippen molar-refractivity contribution in [2.24, 2.45) is 0 Å². The first-order chi connectivity index (χ1) is 9.13. The molecule has 0 saturated carbocycles. The van der Waals surface area contributed by atoms with E-state index < -0.39 is 5.97 Å². The Hall–Kier alpha value is -1.27. The summed E-state index contributed by atoms with van der Waals surface area (Å²) in [6.45, 7) is 0.460. The SMILES string of the molecule is COC(=O)c1occc1CNc1c(Br)cccc1Br. The predicted molar refractivity (Wildman–Crippen MR) is 79.2 cm³/mol. The largest absolute Gasteiger partial charge is 0.463 e. The van der Waals surface area contributed by atoms with E-state index in [0.717, 1.165) is 20.2 Å². The first-order valence-electron chi connectivity index (χ1n) is 5.46. The van der Waals surface area contributed by atoms with Crippen molar-refractivity contribution in [2.75, 3.05) is 12.4 Å². The summed E-state index contributed by atoms with van der Waals surface area (Å²) in [4.78, 5) is 11.5. The minimum Gasteiger partial charge on any atom is -0.463 e. The standard InChI is InChI=1S/C13H11Br2NO3/c1-18-13(17)12-8(5-6-19-12)7-16-11-9(14)3-2-4-10(11)15/h2-6,16H,7H2,1H3. The van der Waals surface area contributed by atoms with Gasteiger partial charge >= 0.3 is 5.97 Å². The van der Waals surface area contributed by atoms with Crippen LogP contribution in [0.4, 0.5) is 5.69 Å². The van der Waals surface area contributed by atoms with Gasteiger partial charge in [0.1, 0.15) is 0 Å². The van der Waals surface area contributed by atoms with Crippen LogP contribution in [-0.4, -0.2) is 13.1 Å². The van der Waals surface area contributed by atoms with Crippen molar-refractivity contribution < 1.29 is 13.9 Å². The third kappa shape index (κ3) is 3.19. The molecule has 4 nitrogen and oxygen atoms in total. The zero-order chi connectivity index (χ0) is 13.8. The lowest BCUT2D eigenvalue weighted by Crippen LogP contribution is -2.07. The topological polar surface area (TPSA) is 51.5 Å². The maximum absolute atomic E-state index is 11.5. The molecular weight excluding hydrogens is 378 g/mol. The maximum Gasteiger partial charge on any atom is 0.374 e. The van der Waals surface area contributed by atoms with Gasteiger partial charge in [0, 0.05) is 21.1 Å². The van der Waals surface area contributed by atoms with Crippen molar-refractivity contribution in [2.45, 2.75) is 6.54 Å². The predicted octanol–water partition coefficient (Wildman–Crippen LogP) is 4.20. The van der Waals surface area contributed by atoms with Gasteiger partial charge in [0.2, 0.25) is 5.76 Å². The lowest BCUT2D eigenvalue weighted by Gasteiger charge is -2.10. The Morgan fingerprint density at radius 1 is 1.32 bits per heavy atom. The molecule has 0 radical (unpaired) electrons. The number of anilines is 1. The molecule has 0 bridgehead atoms. The van der Waals surface area contributed by atoms with Crippen LogP contribution in [0.5, 0.6) is 0 Å². The number of esters is 1. The molecule has 0 aliphatic heterocycles. The van der Waals surface area contributed by atoms with Crippen molar-refractivity contribution in [3.63, 3.8) is 0 Å². The Kier molecular flexibility index (Phi) is 4.66. The Bertz CT molecular complexity index is 575. The molecule has 2 aromatic rings. The second kappa shape index (κ2) is 6.25. The minimum atomic E-state index is -0.479. The summed E-state index contributed by atoms with van der Waals surface area (Å²) in [6, 6.07) is 7.54. The zero-order valence-electron chi connectivity index (χ0n) is 10.1. The van der Waals surface area contributed by atoms with Crippen LogP contribution in [-0.2, 0) is 11.3 Å². The first-order valence-corrected chi connectivity index (χ1v) is 7.04. The van der Waals surface area contributed by atoms with Gasteiger partial charge in [0.25, 0.3) is 0 Å². The number of carbonyl (C=O) groups excluding carboxylic acids is 1. The third-order valence-corrected chi connectivity index (χ3v) is 3.86. The van der Waals surface area contributed by atoms with Gasteiger partial charge in [-0.25, -0.2) is 4.79 Å². The summed E-state index contributed by atoms with van der Waals surface area (Å²) >= 11 is 6.93. The first kappa shape index (κ1) is 14.1. The second-order valence-electron chi connectivity index (χ2n) is 3.72. The van der Waals surface area contributed by atoms with E-state index >= 15 is 0 Å². The normalized spacial score (nSPS) is 10.3. The Morgan fingerprint density at radius 3 is 2.63 bits per heavy atom. The average Bonchev–Trinajstić information content (AvgIpc) is 2.85. The van der Waals surface area contributed by atoms with Gasteiger partial charge in [0.15, 0.2) is 0 Å². The Balaban J connectivity index is 2.15. The summed E-state index contributed by atoms with van der Waals surface area (Å²) in [7, 11) is 1.33. The van der Waals surface area contributed by atoms with Gasteiger partial charge in [-0.1, -0.05) is 6.07 Å². The van der Waals surface area contributed by atoms with E-state index in [2.05, 4.69) is 41.9 Å². The van der Waals surface area contributed by atoms with E-state index in [4.69, 9.17) is 4.42 Å². The van der Waals surface area contributed by atoms with Crippen molar-refractivity contribution in [3.05, 3.63) is 50.8 Å². The van der Waals surface area contributed by atoms with Crippen LogP contribution in [0.15, 0.2) is 43.9 Å². The van der Waals surface area contributed by atoms with Crippen LogP contribution in [0.25, 0.3) is 0 Å². The van der Waals surface area contributed by atoms with Gasteiger partial charge in [-0.05, 0) is 50.1 Å². The van der Waals surface area contributed by atoms with E-state index in [1.165, 1.54) is 13.4 Å². The van der Waals surface area contributed by atoms with E-state index in [1.807, 2.05) is 18.2 Å². The number of halogens is 2. The van der Waals surface area contributed by atoms with Gasteiger partial charge in [-0.3, -0.25) is 0 Å². The number of carbonyl (C=O) groups is 1. The molecule has 19 heavy (non-hydrogen) atoms. The molecular formula is C13H11Br2NO3. The lowest BCUT2D eigenvalue weighted by molar-refractivity contribution is 0.0563. The maximum atomic E-state index is 11.5. The molecule has 1 aromatic heterocycles. The molecule has 0 unspecified atom stereocenters. The molecule has 0 aliphatic rings.